The first-order valence-corrected chi connectivity index (χ1v) is 5.58. The molecule has 0 saturated heterocycles. The van der Waals surface area contributed by atoms with Crippen LogP contribution in [0.2, 0.25) is 0 Å². The molecule has 3 nitrogen and oxygen atoms in total. The maximum atomic E-state index is 9.95. The molecular weight excluding hydrogens is 258 g/mol. The zero-order valence-corrected chi connectivity index (χ0v) is 10.8. The molecule has 0 aliphatic carbocycles. The first-order chi connectivity index (χ1) is 7.02. The van der Waals surface area contributed by atoms with Crippen molar-refractivity contribution in [1.29, 1.82) is 0 Å². The molecule has 0 aliphatic heterocycles. The third kappa shape index (κ3) is 2.26. The summed E-state index contributed by atoms with van der Waals surface area (Å²) in [6, 6.07) is 1.91. The minimum absolute atomic E-state index is 0.130. The van der Waals surface area contributed by atoms with E-state index in [0.29, 0.717) is 16.8 Å². The number of rotatable bonds is 3. The third-order valence-electron chi connectivity index (χ3n) is 2.50. The number of phenolic OH excluding ortho intramolecular Hbond substituents is 1. The Kier molecular flexibility index (Phi) is 3.99. The minimum Gasteiger partial charge on any atom is -0.506 e. The van der Waals surface area contributed by atoms with Crippen molar-refractivity contribution in [3.8, 4) is 11.5 Å². The van der Waals surface area contributed by atoms with Crippen molar-refractivity contribution in [2.75, 3.05) is 13.7 Å². The van der Waals surface area contributed by atoms with Gasteiger partial charge >= 0.3 is 0 Å². The van der Waals surface area contributed by atoms with Gasteiger partial charge in [-0.15, -0.1) is 0 Å². The van der Waals surface area contributed by atoms with E-state index in [4.69, 9.17) is 10.5 Å². The number of aryl methyl sites for hydroxylation is 1. The SMILES string of the molecule is COc1c(C)cc(C(C)CN)c(O)c1Br. The highest BCUT2D eigenvalue weighted by Crippen LogP contribution is 2.41. The highest BCUT2D eigenvalue weighted by atomic mass is 79.9. The van der Waals surface area contributed by atoms with Gasteiger partial charge in [-0.3, -0.25) is 0 Å². The van der Waals surface area contributed by atoms with Gasteiger partial charge in [0.1, 0.15) is 16.0 Å². The molecule has 1 atom stereocenters. The summed E-state index contributed by atoms with van der Waals surface area (Å²) < 4.78 is 5.78. The molecule has 15 heavy (non-hydrogen) atoms. The number of ether oxygens (including phenoxy) is 1. The summed E-state index contributed by atoms with van der Waals surface area (Å²) in [6.45, 7) is 4.43. The standard InChI is InChI=1S/C11H16BrNO2/c1-6-4-8(7(2)5-13)10(14)9(12)11(6)15-3/h4,7,14H,5,13H2,1-3H3. The van der Waals surface area contributed by atoms with Crippen LogP contribution in [0.5, 0.6) is 11.5 Å². The largest absolute Gasteiger partial charge is 0.506 e. The van der Waals surface area contributed by atoms with Crippen LogP contribution >= 0.6 is 15.9 Å². The van der Waals surface area contributed by atoms with Crippen LogP contribution in [0.1, 0.15) is 24.0 Å². The maximum Gasteiger partial charge on any atom is 0.139 e. The smallest absolute Gasteiger partial charge is 0.139 e. The lowest BCUT2D eigenvalue weighted by atomic mass is 9.98. The van der Waals surface area contributed by atoms with Crippen molar-refractivity contribution >= 4 is 15.9 Å². The Morgan fingerprint density at radius 2 is 2.20 bits per heavy atom. The number of phenols is 1. The average Bonchev–Trinajstić information content (AvgIpc) is 2.23. The molecule has 1 aromatic rings. The number of hydrogen-bond acceptors (Lipinski definition) is 3. The molecule has 0 amide bonds. The van der Waals surface area contributed by atoms with Gasteiger partial charge in [0.2, 0.25) is 0 Å². The van der Waals surface area contributed by atoms with Gasteiger partial charge < -0.3 is 15.6 Å². The lowest BCUT2D eigenvalue weighted by Crippen LogP contribution is -2.09. The topological polar surface area (TPSA) is 55.5 Å². The molecular formula is C11H16BrNO2. The van der Waals surface area contributed by atoms with E-state index in [1.54, 1.807) is 7.11 Å². The van der Waals surface area contributed by atoms with Crippen molar-refractivity contribution in [2.24, 2.45) is 5.73 Å². The second-order valence-corrected chi connectivity index (χ2v) is 4.41. The quantitative estimate of drug-likeness (QED) is 0.890. The molecule has 1 unspecified atom stereocenters. The highest BCUT2D eigenvalue weighted by Gasteiger charge is 2.17. The fraction of sp³-hybridized carbons (Fsp3) is 0.455. The van der Waals surface area contributed by atoms with E-state index < -0.39 is 0 Å². The van der Waals surface area contributed by atoms with E-state index in [1.165, 1.54) is 0 Å². The molecule has 84 valence electrons. The fourth-order valence-electron chi connectivity index (χ4n) is 1.53. The molecule has 0 radical (unpaired) electrons. The maximum absolute atomic E-state index is 9.95. The second kappa shape index (κ2) is 4.86. The molecule has 0 fully saturated rings. The molecule has 4 heteroatoms. The van der Waals surface area contributed by atoms with E-state index >= 15 is 0 Å². The summed E-state index contributed by atoms with van der Waals surface area (Å²) in [7, 11) is 1.58. The van der Waals surface area contributed by atoms with Crippen LogP contribution in [0.3, 0.4) is 0 Å². The van der Waals surface area contributed by atoms with Crippen LogP contribution in [0.4, 0.5) is 0 Å². The monoisotopic (exact) mass is 273 g/mol. The van der Waals surface area contributed by atoms with Gasteiger partial charge in [-0.1, -0.05) is 6.92 Å². The number of nitrogens with two attached hydrogens (primary N) is 1. The van der Waals surface area contributed by atoms with Gasteiger partial charge in [0.05, 0.1) is 7.11 Å². The molecule has 0 aromatic heterocycles. The van der Waals surface area contributed by atoms with Gasteiger partial charge in [0.15, 0.2) is 0 Å². The zero-order valence-electron chi connectivity index (χ0n) is 9.17. The Labute approximate surface area is 98.4 Å². The fourth-order valence-corrected chi connectivity index (χ4v) is 2.23. The van der Waals surface area contributed by atoms with Crippen LogP contribution in [-0.2, 0) is 0 Å². The van der Waals surface area contributed by atoms with Crippen LogP contribution in [0.15, 0.2) is 10.5 Å². The summed E-state index contributed by atoms with van der Waals surface area (Å²) in [5.74, 6) is 1.02. The molecule has 0 saturated carbocycles. The minimum atomic E-state index is 0.130. The van der Waals surface area contributed by atoms with Crippen LogP contribution < -0.4 is 10.5 Å². The Bertz CT molecular complexity index is 366. The lowest BCUT2D eigenvalue weighted by Gasteiger charge is -2.16. The van der Waals surface area contributed by atoms with Crippen molar-refractivity contribution in [3.63, 3.8) is 0 Å². The first-order valence-electron chi connectivity index (χ1n) is 4.78. The van der Waals surface area contributed by atoms with Crippen molar-refractivity contribution in [2.45, 2.75) is 19.8 Å². The van der Waals surface area contributed by atoms with Crippen LogP contribution in [-0.4, -0.2) is 18.8 Å². The van der Waals surface area contributed by atoms with Crippen LogP contribution in [0, 0.1) is 6.92 Å². The van der Waals surface area contributed by atoms with E-state index in [1.807, 2.05) is 19.9 Å². The average molecular weight is 274 g/mol. The molecule has 3 N–H and O–H groups in total. The van der Waals surface area contributed by atoms with Crippen molar-refractivity contribution < 1.29 is 9.84 Å². The number of aromatic hydroxyl groups is 1. The highest BCUT2D eigenvalue weighted by molar-refractivity contribution is 9.10. The Balaban J connectivity index is 3.33. The molecule has 0 spiro atoms. The Morgan fingerprint density at radius 1 is 1.60 bits per heavy atom. The Hall–Kier alpha value is -0.740. The zero-order chi connectivity index (χ0) is 11.6. The number of methoxy groups -OCH3 is 1. The number of benzene rings is 1. The molecule has 1 rings (SSSR count). The van der Waals surface area contributed by atoms with Gasteiger partial charge in [-0.05, 0) is 52.5 Å². The van der Waals surface area contributed by atoms with Crippen LogP contribution in [0.25, 0.3) is 0 Å². The number of hydrogen-bond donors (Lipinski definition) is 2. The summed E-state index contributed by atoms with van der Waals surface area (Å²) in [5.41, 5.74) is 7.42. The number of halogens is 1. The summed E-state index contributed by atoms with van der Waals surface area (Å²) in [6.07, 6.45) is 0. The lowest BCUT2D eigenvalue weighted by molar-refractivity contribution is 0.398. The van der Waals surface area contributed by atoms with E-state index in [9.17, 15) is 5.11 Å². The predicted octanol–water partition coefficient (Wildman–Crippen LogP) is 2.53. The first kappa shape index (κ1) is 12.3. The normalized spacial score (nSPS) is 12.6. The summed E-state index contributed by atoms with van der Waals surface area (Å²) >= 11 is 3.32. The third-order valence-corrected chi connectivity index (χ3v) is 3.24. The molecule has 0 heterocycles. The second-order valence-electron chi connectivity index (χ2n) is 3.62. The van der Waals surface area contributed by atoms with Gasteiger partial charge in [0, 0.05) is 0 Å². The molecule has 1 aromatic carbocycles. The van der Waals surface area contributed by atoms with Crippen molar-refractivity contribution in [1.82, 2.24) is 0 Å². The van der Waals surface area contributed by atoms with Gasteiger partial charge in [0.25, 0.3) is 0 Å². The Morgan fingerprint density at radius 3 is 2.67 bits per heavy atom. The molecule has 0 bridgehead atoms. The predicted molar refractivity (Wildman–Crippen MR) is 64.6 cm³/mol. The van der Waals surface area contributed by atoms with Gasteiger partial charge in [-0.25, -0.2) is 0 Å². The van der Waals surface area contributed by atoms with Gasteiger partial charge in [-0.2, -0.15) is 0 Å². The van der Waals surface area contributed by atoms with E-state index in [0.717, 1.165) is 11.1 Å². The summed E-state index contributed by atoms with van der Waals surface area (Å²) in [4.78, 5) is 0. The van der Waals surface area contributed by atoms with E-state index in [2.05, 4.69) is 15.9 Å². The van der Waals surface area contributed by atoms with Crippen molar-refractivity contribution in [3.05, 3.63) is 21.7 Å². The molecule has 0 aliphatic rings. The summed E-state index contributed by atoms with van der Waals surface area (Å²) in [5, 5.41) is 9.95. The van der Waals surface area contributed by atoms with E-state index in [-0.39, 0.29) is 11.7 Å².